The fourth-order valence-electron chi connectivity index (χ4n) is 1.41. The van der Waals surface area contributed by atoms with Crippen LogP contribution in [0.1, 0.15) is 5.56 Å². The van der Waals surface area contributed by atoms with Gasteiger partial charge in [-0.25, -0.2) is 4.39 Å². The summed E-state index contributed by atoms with van der Waals surface area (Å²) in [5.41, 5.74) is 0.112. The highest BCUT2D eigenvalue weighted by molar-refractivity contribution is 5.41. The summed E-state index contributed by atoms with van der Waals surface area (Å²) in [7, 11) is 0. The van der Waals surface area contributed by atoms with Gasteiger partial charge in [0, 0.05) is 6.07 Å². The molecule has 0 aliphatic carbocycles. The molecule has 6 heteroatoms. The number of nitro benzene ring substituents is 1. The fourth-order valence-corrected chi connectivity index (χ4v) is 1.41. The van der Waals surface area contributed by atoms with E-state index in [1.807, 2.05) is 6.07 Å². The van der Waals surface area contributed by atoms with Crippen molar-refractivity contribution in [1.29, 1.82) is 5.26 Å². The van der Waals surface area contributed by atoms with Crippen LogP contribution in [-0.4, -0.2) is 4.92 Å². The second kappa shape index (κ2) is 5.14. The molecule has 0 aliphatic heterocycles. The molecule has 0 heterocycles. The standard InChI is InChI=1S/C13H7FN2O3/c14-12-7-10(16(17)18)3-6-13(12)19-11-4-1-9(8-15)2-5-11/h1-7H. The van der Waals surface area contributed by atoms with E-state index in [0.29, 0.717) is 11.3 Å². The highest BCUT2D eigenvalue weighted by atomic mass is 19.1. The van der Waals surface area contributed by atoms with Crippen LogP contribution in [0.3, 0.4) is 0 Å². The molecule has 0 saturated heterocycles. The topological polar surface area (TPSA) is 76.2 Å². The van der Waals surface area contributed by atoms with Crippen molar-refractivity contribution in [2.75, 3.05) is 0 Å². The van der Waals surface area contributed by atoms with Gasteiger partial charge < -0.3 is 4.74 Å². The predicted octanol–water partition coefficient (Wildman–Crippen LogP) is 3.40. The molecule has 2 rings (SSSR count). The number of hydrogen-bond acceptors (Lipinski definition) is 4. The first-order valence-electron chi connectivity index (χ1n) is 5.22. The van der Waals surface area contributed by atoms with Crippen molar-refractivity contribution in [3.63, 3.8) is 0 Å². The second-order valence-corrected chi connectivity index (χ2v) is 3.61. The van der Waals surface area contributed by atoms with Crippen molar-refractivity contribution in [2.45, 2.75) is 0 Å². The summed E-state index contributed by atoms with van der Waals surface area (Å²) in [5, 5.41) is 19.1. The maximum Gasteiger partial charge on any atom is 0.272 e. The molecule has 0 aromatic heterocycles. The van der Waals surface area contributed by atoms with Gasteiger partial charge in [0.2, 0.25) is 0 Å². The zero-order valence-corrected chi connectivity index (χ0v) is 9.54. The first-order valence-corrected chi connectivity index (χ1v) is 5.22. The molecule has 19 heavy (non-hydrogen) atoms. The third kappa shape index (κ3) is 2.84. The first kappa shape index (κ1) is 12.5. The molecule has 5 nitrogen and oxygen atoms in total. The molecule has 0 atom stereocenters. The fraction of sp³-hybridized carbons (Fsp3) is 0. The van der Waals surface area contributed by atoms with Gasteiger partial charge in [0.05, 0.1) is 22.6 Å². The zero-order valence-electron chi connectivity index (χ0n) is 9.54. The Kier molecular flexibility index (Phi) is 3.39. The summed E-state index contributed by atoms with van der Waals surface area (Å²) in [6.45, 7) is 0. The molecular weight excluding hydrogens is 251 g/mol. The average molecular weight is 258 g/mol. The van der Waals surface area contributed by atoms with Gasteiger partial charge in [-0.05, 0) is 30.3 Å². The van der Waals surface area contributed by atoms with Crippen molar-refractivity contribution in [1.82, 2.24) is 0 Å². The largest absolute Gasteiger partial charge is 0.454 e. The number of rotatable bonds is 3. The van der Waals surface area contributed by atoms with E-state index in [9.17, 15) is 14.5 Å². The molecule has 0 spiro atoms. The lowest BCUT2D eigenvalue weighted by atomic mass is 10.2. The Bertz CT molecular complexity index is 663. The van der Waals surface area contributed by atoms with Gasteiger partial charge in [-0.3, -0.25) is 10.1 Å². The third-order valence-corrected chi connectivity index (χ3v) is 2.34. The Morgan fingerprint density at radius 3 is 2.42 bits per heavy atom. The zero-order chi connectivity index (χ0) is 13.8. The van der Waals surface area contributed by atoms with Crippen LogP contribution >= 0.6 is 0 Å². The minimum absolute atomic E-state index is 0.115. The highest BCUT2D eigenvalue weighted by Crippen LogP contribution is 2.27. The Hall–Kier alpha value is -2.94. The number of nitrogens with zero attached hydrogens (tertiary/aromatic N) is 2. The Labute approximate surface area is 107 Å². The van der Waals surface area contributed by atoms with E-state index in [-0.39, 0.29) is 11.4 Å². The summed E-state index contributed by atoms with van der Waals surface area (Å²) in [6, 6.07) is 11.2. The molecule has 2 aromatic carbocycles. The number of halogens is 1. The van der Waals surface area contributed by atoms with Crippen LogP contribution in [0.2, 0.25) is 0 Å². The maximum absolute atomic E-state index is 13.6. The molecule has 2 aromatic rings. The van der Waals surface area contributed by atoms with Crippen LogP contribution in [-0.2, 0) is 0 Å². The quantitative estimate of drug-likeness (QED) is 0.624. The predicted molar refractivity (Wildman–Crippen MR) is 64.3 cm³/mol. The normalized spacial score (nSPS) is 9.68. The number of non-ortho nitro benzene ring substituents is 1. The number of nitriles is 1. The summed E-state index contributed by atoms with van der Waals surface area (Å²) in [5.74, 6) is -0.597. The monoisotopic (exact) mass is 258 g/mol. The van der Waals surface area contributed by atoms with Gasteiger partial charge in [0.15, 0.2) is 11.6 Å². The van der Waals surface area contributed by atoms with Crippen molar-refractivity contribution < 1.29 is 14.1 Å². The van der Waals surface area contributed by atoms with Gasteiger partial charge in [-0.1, -0.05) is 0 Å². The molecule has 0 amide bonds. The second-order valence-electron chi connectivity index (χ2n) is 3.61. The van der Waals surface area contributed by atoms with Crippen LogP contribution in [0.4, 0.5) is 10.1 Å². The lowest BCUT2D eigenvalue weighted by Gasteiger charge is -2.06. The minimum Gasteiger partial charge on any atom is -0.454 e. The van der Waals surface area contributed by atoms with Crippen LogP contribution in [0.15, 0.2) is 42.5 Å². The van der Waals surface area contributed by atoms with Gasteiger partial charge in [0.25, 0.3) is 5.69 Å². The molecule has 0 unspecified atom stereocenters. The molecule has 94 valence electrons. The van der Waals surface area contributed by atoms with Crippen LogP contribution in [0.5, 0.6) is 11.5 Å². The molecule has 0 aliphatic rings. The molecule has 0 fully saturated rings. The molecule has 0 radical (unpaired) electrons. The highest BCUT2D eigenvalue weighted by Gasteiger charge is 2.12. The SMILES string of the molecule is N#Cc1ccc(Oc2ccc([N+](=O)[O-])cc2F)cc1. The van der Waals surface area contributed by atoms with Gasteiger partial charge in [0.1, 0.15) is 5.75 Å². The van der Waals surface area contributed by atoms with E-state index >= 15 is 0 Å². The average Bonchev–Trinajstić information content (AvgIpc) is 2.41. The number of ether oxygens (including phenoxy) is 1. The van der Waals surface area contributed by atoms with E-state index in [4.69, 9.17) is 10.00 Å². The summed E-state index contributed by atoms with van der Waals surface area (Å²) in [6.07, 6.45) is 0. The van der Waals surface area contributed by atoms with E-state index in [0.717, 1.165) is 12.1 Å². The van der Waals surface area contributed by atoms with E-state index < -0.39 is 10.7 Å². The number of nitro groups is 1. The van der Waals surface area contributed by atoms with Crippen LogP contribution in [0.25, 0.3) is 0 Å². The third-order valence-electron chi connectivity index (χ3n) is 2.34. The number of hydrogen-bond donors (Lipinski definition) is 0. The Morgan fingerprint density at radius 1 is 1.21 bits per heavy atom. The molecule has 0 saturated carbocycles. The summed E-state index contributed by atoms with van der Waals surface area (Å²) >= 11 is 0. The van der Waals surface area contributed by atoms with Crippen LogP contribution in [0, 0.1) is 27.3 Å². The minimum atomic E-state index is -0.821. The summed E-state index contributed by atoms with van der Waals surface area (Å²) in [4.78, 5) is 9.77. The van der Waals surface area contributed by atoms with Crippen molar-refractivity contribution in [3.05, 3.63) is 64.0 Å². The number of benzene rings is 2. The van der Waals surface area contributed by atoms with Crippen LogP contribution < -0.4 is 4.74 Å². The summed E-state index contributed by atoms with van der Waals surface area (Å²) < 4.78 is 18.8. The van der Waals surface area contributed by atoms with E-state index in [2.05, 4.69) is 0 Å². The first-order chi connectivity index (χ1) is 9.10. The lowest BCUT2D eigenvalue weighted by Crippen LogP contribution is -1.92. The van der Waals surface area contributed by atoms with Crippen molar-refractivity contribution in [2.24, 2.45) is 0 Å². The molecule has 0 N–H and O–H groups in total. The lowest BCUT2D eigenvalue weighted by molar-refractivity contribution is -0.385. The van der Waals surface area contributed by atoms with Gasteiger partial charge >= 0.3 is 0 Å². The van der Waals surface area contributed by atoms with Crippen molar-refractivity contribution in [3.8, 4) is 17.6 Å². The van der Waals surface area contributed by atoms with Gasteiger partial charge in [-0.15, -0.1) is 0 Å². The maximum atomic E-state index is 13.6. The smallest absolute Gasteiger partial charge is 0.272 e. The molecule has 0 bridgehead atoms. The molecular formula is C13H7FN2O3. The van der Waals surface area contributed by atoms with Gasteiger partial charge in [-0.2, -0.15) is 5.26 Å². The Morgan fingerprint density at radius 2 is 1.89 bits per heavy atom. The van der Waals surface area contributed by atoms with E-state index in [1.165, 1.54) is 30.3 Å². The van der Waals surface area contributed by atoms with E-state index in [1.54, 1.807) is 0 Å². The van der Waals surface area contributed by atoms with Crippen molar-refractivity contribution >= 4 is 5.69 Å². The Balaban J connectivity index is 2.23.